The Balaban J connectivity index is 2.38. The molecule has 1 atom stereocenters. The number of hydrogen-bond acceptors (Lipinski definition) is 3. The van der Waals surface area contributed by atoms with E-state index in [2.05, 4.69) is 11.2 Å². The minimum atomic E-state index is -0.838. The fourth-order valence-electron chi connectivity index (χ4n) is 1.71. The zero-order chi connectivity index (χ0) is 12.8. The predicted molar refractivity (Wildman–Crippen MR) is 62.5 cm³/mol. The molecule has 1 aliphatic rings. The van der Waals surface area contributed by atoms with Crippen molar-refractivity contribution in [2.24, 2.45) is 0 Å². The third-order valence-electron chi connectivity index (χ3n) is 2.85. The average molecular weight is 239 g/mol. The Kier molecular flexibility index (Phi) is 4.79. The lowest BCUT2D eigenvalue weighted by Gasteiger charge is -2.36. The van der Waals surface area contributed by atoms with Crippen molar-refractivity contribution in [3.63, 3.8) is 0 Å². The van der Waals surface area contributed by atoms with Gasteiger partial charge in [-0.1, -0.05) is 5.92 Å². The van der Waals surface area contributed by atoms with Gasteiger partial charge >= 0.3 is 12.0 Å². The Morgan fingerprint density at radius 1 is 1.41 bits per heavy atom. The molecule has 0 radical (unpaired) electrons. The van der Waals surface area contributed by atoms with E-state index >= 15 is 0 Å². The number of aliphatic carboxylic acids is 1. The van der Waals surface area contributed by atoms with Gasteiger partial charge in [-0.05, 0) is 6.92 Å². The van der Waals surface area contributed by atoms with Crippen LogP contribution in [0.15, 0.2) is 0 Å². The second-order valence-electron chi connectivity index (χ2n) is 3.90. The molecule has 1 aliphatic heterocycles. The van der Waals surface area contributed by atoms with E-state index in [0.717, 1.165) is 0 Å². The summed E-state index contributed by atoms with van der Waals surface area (Å²) in [4.78, 5) is 25.8. The van der Waals surface area contributed by atoms with E-state index in [1.54, 1.807) is 11.8 Å². The molecule has 0 aromatic rings. The smallest absolute Gasteiger partial charge is 0.320 e. The van der Waals surface area contributed by atoms with Gasteiger partial charge in [0.1, 0.15) is 6.04 Å². The highest BCUT2D eigenvalue weighted by Gasteiger charge is 2.26. The Bertz CT molecular complexity index is 329. The van der Waals surface area contributed by atoms with Gasteiger partial charge in [-0.3, -0.25) is 9.69 Å². The van der Waals surface area contributed by atoms with Crippen LogP contribution in [0.1, 0.15) is 6.92 Å². The summed E-state index contributed by atoms with van der Waals surface area (Å²) in [6.07, 6.45) is 5.04. The van der Waals surface area contributed by atoms with Gasteiger partial charge in [0.25, 0.3) is 0 Å². The Labute approximate surface area is 101 Å². The highest BCUT2D eigenvalue weighted by atomic mass is 16.4. The van der Waals surface area contributed by atoms with Gasteiger partial charge < -0.3 is 15.3 Å². The number of carbonyl (C=O) groups is 2. The van der Waals surface area contributed by atoms with Crippen LogP contribution in [-0.2, 0) is 4.79 Å². The summed E-state index contributed by atoms with van der Waals surface area (Å²) in [5.74, 6) is 1.50. The maximum Gasteiger partial charge on any atom is 0.320 e. The fraction of sp³-hybridized carbons (Fsp3) is 0.636. The number of nitrogens with zero attached hydrogens (tertiary/aromatic N) is 2. The van der Waals surface area contributed by atoms with E-state index in [0.29, 0.717) is 26.2 Å². The Morgan fingerprint density at radius 2 is 2.00 bits per heavy atom. The molecule has 1 saturated heterocycles. The topological polar surface area (TPSA) is 72.9 Å². The molecule has 0 aromatic heterocycles. The van der Waals surface area contributed by atoms with Crippen LogP contribution in [0.2, 0.25) is 0 Å². The first-order valence-corrected chi connectivity index (χ1v) is 5.49. The molecule has 0 saturated carbocycles. The zero-order valence-corrected chi connectivity index (χ0v) is 9.85. The van der Waals surface area contributed by atoms with Crippen LogP contribution in [0, 0.1) is 12.3 Å². The number of piperazine rings is 1. The summed E-state index contributed by atoms with van der Waals surface area (Å²) in [6, 6.07) is -0.698. The second-order valence-corrected chi connectivity index (χ2v) is 3.90. The summed E-state index contributed by atoms with van der Waals surface area (Å²) >= 11 is 0. The van der Waals surface area contributed by atoms with Gasteiger partial charge in [0.2, 0.25) is 0 Å². The van der Waals surface area contributed by atoms with Gasteiger partial charge in [-0.2, -0.15) is 0 Å². The van der Waals surface area contributed by atoms with Crippen molar-refractivity contribution >= 4 is 12.0 Å². The summed E-state index contributed by atoms with van der Waals surface area (Å²) in [5, 5.41) is 11.5. The summed E-state index contributed by atoms with van der Waals surface area (Å²) in [6.45, 7) is 4.04. The summed E-state index contributed by atoms with van der Waals surface area (Å²) < 4.78 is 0. The highest BCUT2D eigenvalue weighted by molar-refractivity contribution is 5.75. The maximum absolute atomic E-state index is 11.6. The number of terminal acetylenes is 1. The van der Waals surface area contributed by atoms with Crippen molar-refractivity contribution < 1.29 is 14.7 Å². The van der Waals surface area contributed by atoms with E-state index in [-0.39, 0.29) is 12.6 Å². The van der Waals surface area contributed by atoms with E-state index in [1.165, 1.54) is 0 Å². The second kappa shape index (κ2) is 6.11. The SMILES string of the molecule is C#CCNC(=O)N1CCN(C(C)C(=O)O)CC1. The zero-order valence-electron chi connectivity index (χ0n) is 9.85. The van der Waals surface area contributed by atoms with Crippen LogP contribution in [-0.4, -0.2) is 65.7 Å². The molecule has 17 heavy (non-hydrogen) atoms. The molecule has 1 heterocycles. The van der Waals surface area contributed by atoms with Gasteiger partial charge in [0.05, 0.1) is 6.54 Å². The van der Waals surface area contributed by atoms with E-state index in [9.17, 15) is 9.59 Å². The molecule has 0 aliphatic carbocycles. The standard InChI is InChI=1S/C11H17N3O3/c1-3-4-12-11(17)14-7-5-13(6-8-14)9(2)10(15)16/h1,9H,4-8H2,2H3,(H,12,17)(H,15,16). The maximum atomic E-state index is 11.6. The Morgan fingerprint density at radius 3 is 2.47 bits per heavy atom. The van der Waals surface area contributed by atoms with Crippen LogP contribution in [0.25, 0.3) is 0 Å². The quantitative estimate of drug-likeness (QED) is 0.646. The molecular weight excluding hydrogens is 222 g/mol. The van der Waals surface area contributed by atoms with Crippen molar-refractivity contribution in [1.29, 1.82) is 0 Å². The number of urea groups is 1. The minimum absolute atomic E-state index is 0.189. The van der Waals surface area contributed by atoms with Crippen LogP contribution in [0.4, 0.5) is 4.79 Å². The van der Waals surface area contributed by atoms with Crippen LogP contribution < -0.4 is 5.32 Å². The number of amides is 2. The number of nitrogens with one attached hydrogen (secondary N) is 1. The third-order valence-corrected chi connectivity index (χ3v) is 2.85. The molecule has 1 fully saturated rings. The number of rotatable bonds is 3. The Hall–Kier alpha value is -1.74. The van der Waals surface area contributed by atoms with Gasteiger partial charge in [-0.25, -0.2) is 4.79 Å². The van der Waals surface area contributed by atoms with Gasteiger partial charge in [-0.15, -0.1) is 6.42 Å². The molecule has 1 rings (SSSR count). The number of hydrogen-bond donors (Lipinski definition) is 2. The van der Waals surface area contributed by atoms with E-state index in [4.69, 9.17) is 11.5 Å². The first-order chi connectivity index (χ1) is 8.06. The molecule has 2 amide bonds. The van der Waals surface area contributed by atoms with Crippen LogP contribution in [0.5, 0.6) is 0 Å². The van der Waals surface area contributed by atoms with E-state index in [1.807, 2.05) is 4.90 Å². The molecule has 6 heteroatoms. The normalized spacial score (nSPS) is 18.2. The number of carboxylic acids is 1. The van der Waals surface area contributed by atoms with Crippen molar-refractivity contribution in [1.82, 2.24) is 15.1 Å². The molecule has 6 nitrogen and oxygen atoms in total. The molecular formula is C11H17N3O3. The van der Waals surface area contributed by atoms with E-state index < -0.39 is 12.0 Å². The van der Waals surface area contributed by atoms with Crippen LogP contribution in [0.3, 0.4) is 0 Å². The van der Waals surface area contributed by atoms with Crippen molar-refractivity contribution in [3.8, 4) is 12.3 Å². The van der Waals surface area contributed by atoms with Crippen molar-refractivity contribution in [3.05, 3.63) is 0 Å². The number of carboxylic acid groups (broad SMARTS) is 1. The predicted octanol–water partition coefficient (Wildman–Crippen LogP) is -0.580. The molecule has 0 spiro atoms. The van der Waals surface area contributed by atoms with Crippen LogP contribution >= 0.6 is 0 Å². The first kappa shape index (κ1) is 13.3. The molecule has 0 bridgehead atoms. The summed E-state index contributed by atoms with van der Waals surface area (Å²) in [7, 11) is 0. The largest absolute Gasteiger partial charge is 0.480 e. The molecule has 0 aromatic carbocycles. The van der Waals surface area contributed by atoms with Crippen molar-refractivity contribution in [2.75, 3.05) is 32.7 Å². The third kappa shape index (κ3) is 3.64. The first-order valence-electron chi connectivity index (χ1n) is 5.49. The lowest BCUT2D eigenvalue weighted by molar-refractivity contribution is -0.143. The van der Waals surface area contributed by atoms with Crippen molar-refractivity contribution in [2.45, 2.75) is 13.0 Å². The van der Waals surface area contributed by atoms with Gasteiger partial charge in [0, 0.05) is 26.2 Å². The molecule has 1 unspecified atom stereocenters. The fourth-order valence-corrected chi connectivity index (χ4v) is 1.71. The monoisotopic (exact) mass is 239 g/mol. The average Bonchev–Trinajstić information content (AvgIpc) is 2.35. The number of carbonyl (C=O) groups excluding carboxylic acids is 1. The molecule has 2 N–H and O–H groups in total. The lowest BCUT2D eigenvalue weighted by atomic mass is 10.2. The highest BCUT2D eigenvalue weighted by Crippen LogP contribution is 2.06. The lowest BCUT2D eigenvalue weighted by Crippen LogP contribution is -2.55. The molecule has 94 valence electrons. The summed E-state index contributed by atoms with van der Waals surface area (Å²) in [5.41, 5.74) is 0. The van der Waals surface area contributed by atoms with Gasteiger partial charge in [0.15, 0.2) is 0 Å². The minimum Gasteiger partial charge on any atom is -0.480 e.